The fourth-order valence-corrected chi connectivity index (χ4v) is 9.64. The fourth-order valence-electron chi connectivity index (χ4n) is 8.63. The molecular weight excluding hydrogens is 774 g/mol. The van der Waals surface area contributed by atoms with Crippen molar-refractivity contribution >= 4 is 37.2 Å². The largest absolute Gasteiger partial charge is 0.382 e. The second-order valence-electron chi connectivity index (χ2n) is 16.4. The molecule has 4 heterocycles. The van der Waals surface area contributed by atoms with Gasteiger partial charge in [-0.1, -0.05) is 63.2 Å². The number of hydrogen-bond acceptors (Lipinski definition) is 9. The fraction of sp³-hybridized carbons (Fsp3) is 0.468. The Balaban J connectivity index is 1.05. The standard InChI is InChI=1S/C47H58N7O5P/c1-8-38-39(59-60(7)57-30-18-27-48)31-43(58-38)54-32-33(44(49)51-45(54)56)26-28-50-42(55)25-11-10-16-29-53-37-22-15-13-20-35(37)47(5,6)41(53)24-17-23-40-46(3,4)34-19-12-14-21-36(34)52(40)9-2/h12-15,17,19-24,32,38-39,43H,8-11,16,18,25,29-31H2,1-7H3,(H2-,49,50,51,55,56)/p+1/t38-,39-,43-,60?/m1/s1. The zero-order chi connectivity index (χ0) is 43.0. The minimum absolute atomic E-state index is 0.0241. The van der Waals surface area contributed by atoms with Crippen molar-refractivity contribution < 1.29 is 23.2 Å². The Labute approximate surface area is 356 Å². The first-order valence-electron chi connectivity index (χ1n) is 21.1. The van der Waals surface area contributed by atoms with Gasteiger partial charge in [-0.3, -0.25) is 14.7 Å². The maximum atomic E-state index is 12.9. The molecule has 1 saturated heterocycles. The summed E-state index contributed by atoms with van der Waals surface area (Å²) in [5.41, 5.74) is 13.3. The molecule has 0 spiro atoms. The monoisotopic (exact) mass is 832 g/mol. The summed E-state index contributed by atoms with van der Waals surface area (Å²) in [5.74, 6) is 2.65. The highest BCUT2D eigenvalue weighted by Crippen LogP contribution is 2.48. The van der Waals surface area contributed by atoms with E-state index in [1.807, 2.05) is 13.6 Å². The van der Waals surface area contributed by atoms with E-state index < -0.39 is 20.3 Å². The Kier molecular flexibility index (Phi) is 14.5. The number of benzene rings is 2. The number of allylic oxidation sites excluding steroid dienone is 4. The Hall–Kier alpha value is -5.10. The van der Waals surface area contributed by atoms with Gasteiger partial charge in [0.25, 0.3) is 0 Å². The average Bonchev–Trinajstić information content (AvgIpc) is 3.80. The summed E-state index contributed by atoms with van der Waals surface area (Å²) in [6.07, 6.45) is 11.3. The van der Waals surface area contributed by atoms with Crippen molar-refractivity contribution in [3.63, 3.8) is 0 Å². The molecule has 1 unspecified atom stereocenters. The van der Waals surface area contributed by atoms with Crippen LogP contribution in [0.5, 0.6) is 0 Å². The number of nitrogens with two attached hydrogens (primary N) is 1. The topological polar surface area (TPSA) is 148 Å². The first-order chi connectivity index (χ1) is 28.8. The number of nitrogen functional groups attached to an aromatic ring is 1. The lowest BCUT2D eigenvalue weighted by atomic mass is 9.81. The van der Waals surface area contributed by atoms with Gasteiger partial charge >= 0.3 is 5.69 Å². The van der Waals surface area contributed by atoms with Crippen LogP contribution in [0, 0.1) is 23.3 Å². The van der Waals surface area contributed by atoms with Gasteiger partial charge in [-0.15, -0.1) is 0 Å². The zero-order valence-electron chi connectivity index (χ0n) is 36.0. The van der Waals surface area contributed by atoms with Crippen molar-refractivity contribution in [3.8, 4) is 18.0 Å². The van der Waals surface area contributed by atoms with Crippen LogP contribution in [0.1, 0.15) is 109 Å². The van der Waals surface area contributed by atoms with Crippen LogP contribution in [-0.2, 0) is 29.4 Å². The summed E-state index contributed by atoms with van der Waals surface area (Å²) in [5, 5.41) is 11.5. The Bertz CT molecular complexity index is 2310. The highest BCUT2D eigenvalue weighted by Gasteiger charge is 2.44. The van der Waals surface area contributed by atoms with E-state index >= 15 is 0 Å². The van der Waals surface area contributed by atoms with Crippen molar-refractivity contribution in [2.45, 2.75) is 116 Å². The van der Waals surface area contributed by atoms with Crippen LogP contribution in [0.25, 0.3) is 0 Å². The number of fused-ring (bicyclic) bond motifs is 2. The first-order valence-corrected chi connectivity index (χ1v) is 22.7. The molecule has 1 fully saturated rings. The minimum atomic E-state index is -1.22. The number of nitriles is 1. The number of ether oxygens (including phenoxy) is 1. The van der Waals surface area contributed by atoms with Gasteiger partial charge in [0.05, 0.1) is 42.3 Å². The van der Waals surface area contributed by atoms with E-state index in [0.717, 1.165) is 25.9 Å². The number of hydrogen-bond donors (Lipinski definition) is 2. The Morgan fingerprint density at radius 1 is 1.10 bits per heavy atom. The number of carbonyl (C=O) groups is 1. The summed E-state index contributed by atoms with van der Waals surface area (Å²) in [7, 11) is -1.22. The van der Waals surface area contributed by atoms with Crippen molar-refractivity contribution in [2.75, 3.05) is 37.0 Å². The molecule has 316 valence electrons. The molecule has 12 nitrogen and oxygen atoms in total. The van der Waals surface area contributed by atoms with E-state index in [-0.39, 0.29) is 41.2 Å². The Morgan fingerprint density at radius 3 is 2.60 bits per heavy atom. The van der Waals surface area contributed by atoms with Crippen molar-refractivity contribution in [3.05, 3.63) is 106 Å². The number of anilines is 2. The molecule has 3 aliphatic rings. The van der Waals surface area contributed by atoms with Crippen molar-refractivity contribution in [1.29, 1.82) is 5.26 Å². The van der Waals surface area contributed by atoms with Gasteiger partial charge in [0.1, 0.15) is 18.6 Å². The molecule has 4 atom stereocenters. The lowest BCUT2D eigenvalue weighted by Crippen LogP contribution is -2.28. The predicted octanol–water partition coefficient (Wildman–Crippen LogP) is 8.10. The van der Waals surface area contributed by atoms with Crippen LogP contribution in [0.15, 0.2) is 83.4 Å². The molecular formula is C47H59N7O5P+. The normalized spacial score (nSPS) is 21.1. The molecule has 0 radical (unpaired) electrons. The SMILES string of the molecule is CC[C@H]1O[C@@H](n2cc(C#CNC(=O)CCCCC[N+]3=C(/C=C/C=C4/N(CC)c5ccccc5C4(C)C)C(C)(C)c4ccccc43)c(N)nc2=O)C[C@H]1OP(C)OCCC#N. The van der Waals surface area contributed by atoms with Crippen LogP contribution >= 0.6 is 8.38 Å². The number of carbonyl (C=O) groups excluding carboxylic acids is 1. The summed E-state index contributed by atoms with van der Waals surface area (Å²) in [6, 6.07) is 22.1. The van der Waals surface area contributed by atoms with E-state index in [1.165, 1.54) is 44.7 Å². The number of unbranched alkanes of at least 4 members (excludes halogenated alkanes) is 2. The van der Waals surface area contributed by atoms with Gasteiger partial charge in [-0.25, -0.2) is 4.79 Å². The summed E-state index contributed by atoms with van der Waals surface area (Å²) < 4.78 is 21.7. The summed E-state index contributed by atoms with van der Waals surface area (Å²) >= 11 is 0. The lowest BCUT2D eigenvalue weighted by Gasteiger charge is -2.25. The molecule has 1 amide bonds. The molecule has 0 saturated carbocycles. The lowest BCUT2D eigenvalue weighted by molar-refractivity contribution is -0.438. The van der Waals surface area contributed by atoms with Gasteiger partial charge in [0, 0.05) is 79.2 Å². The second-order valence-corrected chi connectivity index (χ2v) is 17.8. The van der Waals surface area contributed by atoms with Crippen molar-refractivity contribution in [2.24, 2.45) is 0 Å². The van der Waals surface area contributed by atoms with E-state index in [0.29, 0.717) is 37.9 Å². The molecule has 13 heteroatoms. The van der Waals surface area contributed by atoms with Gasteiger partial charge in [0.15, 0.2) is 14.1 Å². The first kappa shape index (κ1) is 44.5. The van der Waals surface area contributed by atoms with Crippen LogP contribution in [0.4, 0.5) is 17.2 Å². The average molecular weight is 833 g/mol. The molecule has 2 aromatic carbocycles. The molecule has 0 aliphatic carbocycles. The smallest absolute Gasteiger partial charge is 0.351 e. The van der Waals surface area contributed by atoms with Gasteiger partial charge < -0.3 is 24.4 Å². The third kappa shape index (κ3) is 9.59. The number of likely N-dealkylation sites (N-methyl/N-ethyl adjacent to an activating group) is 1. The number of rotatable bonds is 16. The molecule has 60 heavy (non-hydrogen) atoms. The van der Waals surface area contributed by atoms with E-state index in [9.17, 15) is 9.59 Å². The summed E-state index contributed by atoms with van der Waals surface area (Å²) in [4.78, 5) is 32.1. The van der Waals surface area contributed by atoms with Crippen molar-refractivity contribution in [1.82, 2.24) is 14.9 Å². The minimum Gasteiger partial charge on any atom is -0.382 e. The number of aromatic nitrogens is 2. The second kappa shape index (κ2) is 19.5. The Morgan fingerprint density at radius 2 is 1.85 bits per heavy atom. The predicted molar refractivity (Wildman–Crippen MR) is 238 cm³/mol. The third-order valence-corrected chi connectivity index (χ3v) is 12.9. The van der Waals surface area contributed by atoms with E-state index in [1.54, 1.807) is 0 Å². The quantitative estimate of drug-likeness (QED) is 0.0481. The summed E-state index contributed by atoms with van der Waals surface area (Å²) in [6.45, 7) is 17.3. The van der Waals surface area contributed by atoms with Crippen LogP contribution in [0.3, 0.4) is 0 Å². The van der Waals surface area contributed by atoms with Gasteiger partial charge in [-0.05, 0) is 63.7 Å². The molecule has 3 aromatic rings. The highest BCUT2D eigenvalue weighted by atomic mass is 31.2. The van der Waals surface area contributed by atoms with E-state index in [2.05, 4.69) is 139 Å². The molecule has 3 aliphatic heterocycles. The number of amides is 1. The molecule has 1 aromatic heterocycles. The van der Waals surface area contributed by atoms with Gasteiger partial charge in [0.2, 0.25) is 11.6 Å². The van der Waals surface area contributed by atoms with Crippen LogP contribution < -0.4 is 21.6 Å². The molecule has 3 N–H and O–H groups in total. The number of nitrogens with one attached hydrogen (secondary N) is 1. The molecule has 0 bridgehead atoms. The maximum Gasteiger partial charge on any atom is 0.351 e. The number of para-hydroxylation sites is 2. The number of nitrogens with zero attached hydrogens (tertiary/aromatic N) is 5. The van der Waals surface area contributed by atoms with E-state index in [4.69, 9.17) is 24.8 Å². The zero-order valence-corrected chi connectivity index (χ0v) is 36.9. The molecule has 6 rings (SSSR count). The van der Waals surface area contributed by atoms with Gasteiger partial charge in [-0.2, -0.15) is 14.8 Å². The van der Waals surface area contributed by atoms with Crippen LogP contribution in [-0.4, -0.2) is 64.3 Å². The highest BCUT2D eigenvalue weighted by molar-refractivity contribution is 7.46. The van der Waals surface area contributed by atoms with Crippen LogP contribution in [0.2, 0.25) is 0 Å². The maximum absolute atomic E-state index is 12.9. The third-order valence-electron chi connectivity index (χ3n) is 11.8.